The third-order valence-corrected chi connectivity index (χ3v) is 4.51. The molecule has 0 aromatic heterocycles. The van der Waals surface area contributed by atoms with E-state index < -0.39 is 0 Å². The number of likely N-dealkylation sites (tertiary alicyclic amines) is 1. The second-order valence-electron chi connectivity index (χ2n) is 5.36. The summed E-state index contributed by atoms with van der Waals surface area (Å²) in [6.45, 7) is 4.36. The Balaban J connectivity index is 0.00000200. The van der Waals surface area contributed by atoms with Crippen LogP contribution in [-0.4, -0.2) is 31.6 Å². The molecule has 0 spiro atoms. The number of nitrogens with one attached hydrogen (secondary N) is 1. The van der Waals surface area contributed by atoms with Crippen LogP contribution in [0.15, 0.2) is 22.7 Å². The second-order valence-corrected chi connectivity index (χ2v) is 6.21. The molecule has 5 heteroatoms. The van der Waals surface area contributed by atoms with Crippen LogP contribution in [0.25, 0.3) is 0 Å². The zero-order valence-corrected chi connectivity index (χ0v) is 14.3. The van der Waals surface area contributed by atoms with Gasteiger partial charge in [-0.25, -0.2) is 4.39 Å². The molecule has 0 amide bonds. The molecule has 1 fully saturated rings. The van der Waals surface area contributed by atoms with Crippen LogP contribution in [0, 0.1) is 11.7 Å². The summed E-state index contributed by atoms with van der Waals surface area (Å²) in [6, 6.07) is 5.31. The molecular weight excluding hydrogens is 343 g/mol. The van der Waals surface area contributed by atoms with Gasteiger partial charge >= 0.3 is 0 Å². The van der Waals surface area contributed by atoms with E-state index in [2.05, 4.69) is 26.1 Å². The lowest BCUT2D eigenvalue weighted by atomic mass is 9.93. The molecule has 0 aliphatic carbocycles. The largest absolute Gasteiger partial charge is 0.320 e. The summed E-state index contributed by atoms with van der Waals surface area (Å²) in [6.07, 6.45) is 3.85. The maximum absolute atomic E-state index is 13.2. The first-order valence-corrected chi connectivity index (χ1v) is 7.79. The molecule has 0 radical (unpaired) electrons. The van der Waals surface area contributed by atoms with Gasteiger partial charge in [0.25, 0.3) is 0 Å². The van der Waals surface area contributed by atoms with E-state index in [0.29, 0.717) is 4.47 Å². The molecule has 1 aromatic rings. The van der Waals surface area contributed by atoms with E-state index >= 15 is 0 Å². The standard InChI is InChI=1S/C15H22BrFN2.ClH/c1-18-7-4-12-5-8-19(9-6-12)11-13-2-3-15(17)14(16)10-13;/h2-3,10,12,18H,4-9,11H2,1H3;1H. The molecule has 0 bridgehead atoms. The zero-order valence-electron chi connectivity index (χ0n) is 11.9. The van der Waals surface area contributed by atoms with Gasteiger partial charge in [-0.15, -0.1) is 12.4 Å². The molecule has 0 saturated carbocycles. The molecule has 114 valence electrons. The number of rotatable bonds is 5. The van der Waals surface area contributed by atoms with Crippen LogP contribution in [0.5, 0.6) is 0 Å². The molecule has 2 rings (SSSR count). The zero-order chi connectivity index (χ0) is 13.7. The van der Waals surface area contributed by atoms with Gasteiger partial charge < -0.3 is 5.32 Å². The number of hydrogen-bond acceptors (Lipinski definition) is 2. The Morgan fingerprint density at radius 3 is 2.65 bits per heavy atom. The Morgan fingerprint density at radius 1 is 1.35 bits per heavy atom. The highest BCUT2D eigenvalue weighted by Crippen LogP contribution is 2.23. The summed E-state index contributed by atoms with van der Waals surface area (Å²) in [7, 11) is 2.02. The van der Waals surface area contributed by atoms with Crippen molar-refractivity contribution in [3.8, 4) is 0 Å². The fourth-order valence-corrected chi connectivity index (χ4v) is 3.10. The van der Waals surface area contributed by atoms with Gasteiger partial charge in [0.2, 0.25) is 0 Å². The van der Waals surface area contributed by atoms with E-state index in [9.17, 15) is 4.39 Å². The lowest BCUT2D eigenvalue weighted by Gasteiger charge is -2.32. The van der Waals surface area contributed by atoms with Crippen molar-refractivity contribution in [1.82, 2.24) is 10.2 Å². The molecule has 1 aromatic carbocycles. The van der Waals surface area contributed by atoms with E-state index in [1.807, 2.05) is 19.2 Å². The first kappa shape index (κ1) is 17.9. The Morgan fingerprint density at radius 2 is 2.05 bits per heavy atom. The summed E-state index contributed by atoms with van der Waals surface area (Å²) in [4.78, 5) is 2.47. The molecule has 1 saturated heterocycles. The van der Waals surface area contributed by atoms with Crippen molar-refractivity contribution in [1.29, 1.82) is 0 Å². The fourth-order valence-electron chi connectivity index (χ4n) is 2.68. The Kier molecular flexibility index (Phi) is 8.03. The highest BCUT2D eigenvalue weighted by molar-refractivity contribution is 9.10. The number of hydrogen-bond donors (Lipinski definition) is 1. The number of benzene rings is 1. The Labute approximate surface area is 135 Å². The van der Waals surface area contributed by atoms with Gasteiger partial charge in [-0.3, -0.25) is 4.90 Å². The van der Waals surface area contributed by atoms with Crippen LogP contribution in [0.3, 0.4) is 0 Å². The van der Waals surface area contributed by atoms with Crippen molar-refractivity contribution in [3.05, 3.63) is 34.1 Å². The summed E-state index contributed by atoms with van der Waals surface area (Å²) in [5.41, 5.74) is 1.18. The minimum atomic E-state index is -0.186. The Hall–Kier alpha value is -0.160. The van der Waals surface area contributed by atoms with Gasteiger partial charge in [0.05, 0.1) is 4.47 Å². The molecule has 0 unspecified atom stereocenters. The molecule has 0 atom stereocenters. The van der Waals surface area contributed by atoms with Gasteiger partial charge in [0.1, 0.15) is 5.82 Å². The van der Waals surface area contributed by atoms with Crippen LogP contribution < -0.4 is 5.32 Å². The maximum Gasteiger partial charge on any atom is 0.137 e. The van der Waals surface area contributed by atoms with E-state index in [4.69, 9.17) is 0 Å². The summed E-state index contributed by atoms with van der Waals surface area (Å²) < 4.78 is 13.7. The van der Waals surface area contributed by atoms with Crippen LogP contribution in [0.2, 0.25) is 0 Å². The normalized spacial score (nSPS) is 16.9. The highest BCUT2D eigenvalue weighted by atomic mass is 79.9. The fraction of sp³-hybridized carbons (Fsp3) is 0.600. The van der Waals surface area contributed by atoms with E-state index in [-0.39, 0.29) is 18.2 Å². The predicted octanol–water partition coefficient (Wildman–Crippen LogP) is 3.83. The topological polar surface area (TPSA) is 15.3 Å². The summed E-state index contributed by atoms with van der Waals surface area (Å²) in [5.74, 6) is 0.679. The smallest absolute Gasteiger partial charge is 0.137 e. The first-order valence-electron chi connectivity index (χ1n) is 7.00. The second kappa shape index (κ2) is 8.98. The lowest BCUT2D eigenvalue weighted by molar-refractivity contribution is 0.172. The molecule has 2 nitrogen and oxygen atoms in total. The monoisotopic (exact) mass is 364 g/mol. The number of nitrogens with zero attached hydrogens (tertiary/aromatic N) is 1. The SMILES string of the molecule is CNCCC1CCN(Cc2ccc(F)c(Br)c2)CC1.Cl. The number of piperidine rings is 1. The van der Waals surface area contributed by atoms with Gasteiger partial charge in [0.15, 0.2) is 0 Å². The molecule has 1 aliphatic heterocycles. The average molecular weight is 366 g/mol. The van der Waals surface area contributed by atoms with Gasteiger partial charge in [0, 0.05) is 6.54 Å². The Bertz CT molecular complexity index is 409. The van der Waals surface area contributed by atoms with Crippen molar-refractivity contribution in [3.63, 3.8) is 0 Å². The van der Waals surface area contributed by atoms with Gasteiger partial charge in [-0.2, -0.15) is 0 Å². The third-order valence-electron chi connectivity index (χ3n) is 3.90. The number of halogens is 3. The van der Waals surface area contributed by atoms with Gasteiger partial charge in [-0.05, 0) is 85.5 Å². The maximum atomic E-state index is 13.2. The average Bonchev–Trinajstić information content (AvgIpc) is 2.42. The quantitative estimate of drug-likeness (QED) is 0.853. The molecular formula is C15H23BrClFN2. The van der Waals surface area contributed by atoms with Crippen LogP contribution >= 0.6 is 28.3 Å². The molecule has 1 heterocycles. The molecule has 20 heavy (non-hydrogen) atoms. The van der Waals surface area contributed by atoms with Gasteiger partial charge in [-0.1, -0.05) is 6.07 Å². The van der Waals surface area contributed by atoms with E-state index in [0.717, 1.165) is 32.1 Å². The molecule has 1 N–H and O–H groups in total. The van der Waals surface area contributed by atoms with E-state index in [1.165, 1.54) is 24.8 Å². The minimum absolute atomic E-state index is 0. The predicted molar refractivity (Wildman–Crippen MR) is 87.9 cm³/mol. The van der Waals surface area contributed by atoms with Crippen LogP contribution in [0.1, 0.15) is 24.8 Å². The first-order chi connectivity index (χ1) is 9.19. The van der Waals surface area contributed by atoms with Crippen molar-refractivity contribution in [2.24, 2.45) is 5.92 Å². The lowest BCUT2D eigenvalue weighted by Crippen LogP contribution is -2.34. The third kappa shape index (κ3) is 5.32. The minimum Gasteiger partial charge on any atom is -0.320 e. The summed E-state index contributed by atoms with van der Waals surface area (Å²) in [5, 5.41) is 3.22. The van der Waals surface area contributed by atoms with Crippen LogP contribution in [0.4, 0.5) is 4.39 Å². The summed E-state index contributed by atoms with van der Waals surface area (Å²) >= 11 is 3.25. The van der Waals surface area contributed by atoms with Crippen molar-refractivity contribution >= 4 is 28.3 Å². The van der Waals surface area contributed by atoms with Crippen molar-refractivity contribution in [2.75, 3.05) is 26.7 Å². The van der Waals surface area contributed by atoms with Crippen molar-refractivity contribution in [2.45, 2.75) is 25.8 Å². The van der Waals surface area contributed by atoms with Crippen LogP contribution in [-0.2, 0) is 6.54 Å². The molecule has 1 aliphatic rings. The highest BCUT2D eigenvalue weighted by Gasteiger charge is 2.18. The van der Waals surface area contributed by atoms with Crippen molar-refractivity contribution < 1.29 is 4.39 Å². The van der Waals surface area contributed by atoms with E-state index in [1.54, 1.807) is 6.07 Å².